The van der Waals surface area contributed by atoms with Gasteiger partial charge >= 0.3 is 15.1 Å². The summed E-state index contributed by atoms with van der Waals surface area (Å²) >= 11 is -3.59. The summed E-state index contributed by atoms with van der Waals surface area (Å²) in [6, 6.07) is 151. The van der Waals surface area contributed by atoms with E-state index in [4.69, 9.17) is 26.3 Å². The van der Waals surface area contributed by atoms with Crippen molar-refractivity contribution in [3.05, 3.63) is 508 Å². The number of rotatable bonds is 24. The zero-order chi connectivity index (χ0) is 94.9. The molecule has 0 atom stereocenters. The number of benzene rings is 19. The average Bonchev–Trinajstić information content (AvgIpc) is 0.701. The molecule has 22 rings (SSSR count). The van der Waals surface area contributed by atoms with Gasteiger partial charge in [0, 0.05) is 130 Å². The minimum absolute atomic E-state index is 0.335. The first-order valence-electron chi connectivity index (χ1n) is 45.9. The smallest absolute Gasteiger partial charge is 0.576 e. The first-order chi connectivity index (χ1) is 68.0. The van der Waals surface area contributed by atoms with E-state index in [1.165, 1.54) is 0 Å². The monoisotopic (exact) mass is 1930 g/mol. The van der Waals surface area contributed by atoms with Crippen LogP contribution in [0.5, 0.6) is 17.2 Å². The van der Waals surface area contributed by atoms with Crippen LogP contribution in [0.25, 0.3) is 65.0 Å². The highest BCUT2D eigenvalue weighted by molar-refractivity contribution is 7.88. The van der Waals surface area contributed by atoms with Crippen LogP contribution >= 0.6 is 42.9 Å². The molecule has 0 amide bonds. The maximum Gasteiger partial charge on any atom is 1.20 e. The van der Waals surface area contributed by atoms with E-state index in [1.54, 1.807) is 36.8 Å². The third-order valence-corrected chi connectivity index (χ3v) is 46.5. The SMILES string of the molecule is Cc1cc2c(cc1P(=O)(c1ccccc1)c1ccccc1)c1cc(C)c(P(=O)(c3ccccc3)c3ccccc3)cc1c1cc(C)c(P(=O)(c3ccccc3)c3ccccc3)cc21.O=P(c1ccccc1)(c1ccccc1)c1ccc([O][Al]([O]c2ccc(P(=O)(c3ccccc3)c3ccccc3)c3cccnc23)[O]c2ccc(P(=O)(c3ccccc3)c3ccccc3)c3cccnc23)c2ncccc12. The maximum absolute atomic E-state index is 16.1. The van der Waals surface area contributed by atoms with Crippen LogP contribution in [0.3, 0.4) is 0 Å². The van der Waals surface area contributed by atoms with Crippen molar-refractivity contribution in [2.24, 2.45) is 0 Å². The second-order valence-corrected chi connectivity index (χ2v) is 52.0. The van der Waals surface area contributed by atoms with Gasteiger partial charge in [0.2, 0.25) is 0 Å². The predicted molar refractivity (Wildman–Crippen MR) is 582 cm³/mol. The molecule has 0 aliphatic carbocycles. The lowest BCUT2D eigenvalue weighted by Crippen LogP contribution is -2.38. The van der Waals surface area contributed by atoms with Crippen molar-refractivity contribution in [1.29, 1.82) is 0 Å². The molecule has 0 saturated heterocycles. The standard InChI is InChI=1S/C57H45O3P3.3C21H16NO2P.Al/c1-40-34-49-52(37-55(40)61(58,43-22-10-4-11-23-43)44-24-12-5-13-25-44)50-35-41(2)57(63(60,47-30-18-8-19-31-47)48-32-20-9-21-33-48)39-54(50)51-36-42(3)56(38-53(49)51)62(59,45-26-14-6-15-27-45)46-28-16-7-17-29-46;3*23-19-13-14-20(18-12-7-15-22-21(18)19)25(24,16-8-3-1-4-9-16)17-10-5-2-6-11-17;/h4-39H,1-3H3;3*1-15,23H;/q;;;;+3/p-3. The Kier molecular flexibility index (Phi) is 25.2. The van der Waals surface area contributed by atoms with Crippen molar-refractivity contribution in [3.63, 3.8) is 0 Å². The highest BCUT2D eigenvalue weighted by Crippen LogP contribution is 2.54. The number of aryl methyl sites for hydroxylation is 3. The van der Waals surface area contributed by atoms with Crippen LogP contribution in [0.2, 0.25) is 0 Å². The fourth-order valence-corrected chi connectivity index (χ4v) is 38.1. The number of fused-ring (bicyclic) bond motifs is 9. The molecule has 22 aromatic rings. The van der Waals surface area contributed by atoms with E-state index in [0.29, 0.717) is 97.7 Å². The molecule has 0 aliphatic heterocycles. The Morgan fingerprint density at radius 1 is 0.173 bits per heavy atom. The molecule has 19 heteroatoms. The zero-order valence-electron chi connectivity index (χ0n) is 76.0. The number of aromatic nitrogens is 3. The third kappa shape index (κ3) is 16.4. The summed E-state index contributed by atoms with van der Waals surface area (Å²) < 4.78 is 117. The summed E-state index contributed by atoms with van der Waals surface area (Å²) in [5.41, 5.74) is 4.06. The third-order valence-electron chi connectivity index (χ3n) is 26.2. The fourth-order valence-electron chi connectivity index (χ4n) is 19.6. The first kappa shape index (κ1) is 90.9. The molecule has 19 aromatic carbocycles. The lowest BCUT2D eigenvalue weighted by molar-refractivity contribution is 0.311. The van der Waals surface area contributed by atoms with E-state index in [9.17, 15) is 0 Å². The molecule has 12 nitrogen and oxygen atoms in total. The summed E-state index contributed by atoms with van der Waals surface area (Å²) in [5, 5.41) is 20.3. The molecule has 0 aliphatic rings. The molecular weight excluding hydrogens is 1840 g/mol. The second-order valence-electron chi connectivity index (χ2n) is 34.3. The van der Waals surface area contributed by atoms with Gasteiger partial charge in [-0.15, -0.1) is 0 Å². The van der Waals surface area contributed by atoms with Crippen LogP contribution in [0.15, 0.2) is 492 Å². The van der Waals surface area contributed by atoms with Gasteiger partial charge in [-0.2, -0.15) is 0 Å². The molecule has 672 valence electrons. The van der Waals surface area contributed by atoms with Gasteiger partial charge < -0.3 is 38.8 Å². The predicted octanol–water partition coefficient (Wildman–Crippen LogP) is 21.8. The highest BCUT2D eigenvalue weighted by Gasteiger charge is 2.48. The molecule has 0 spiro atoms. The minimum Gasteiger partial charge on any atom is -0.576 e. The Hall–Kier alpha value is -14.5. The van der Waals surface area contributed by atoms with Crippen LogP contribution in [-0.4, -0.2) is 30.1 Å². The molecule has 0 bridgehead atoms. The maximum atomic E-state index is 16.1. The number of pyridine rings is 3. The summed E-state index contributed by atoms with van der Waals surface area (Å²) in [6.07, 6.45) is 5.03. The lowest BCUT2D eigenvalue weighted by atomic mass is 9.91. The second kappa shape index (κ2) is 38.5. The summed E-state index contributed by atoms with van der Waals surface area (Å²) in [6.45, 7) is 6.17. The minimum atomic E-state index is -3.59. The van der Waals surface area contributed by atoms with E-state index < -0.39 is 58.0 Å². The molecule has 0 radical (unpaired) electrons. The Morgan fingerprint density at radius 2 is 0.331 bits per heavy atom. The van der Waals surface area contributed by atoms with Gasteiger partial charge in [0.25, 0.3) is 0 Å². The molecule has 0 N–H and O–H groups in total. The van der Waals surface area contributed by atoms with Crippen molar-refractivity contribution in [2.45, 2.75) is 20.8 Å². The van der Waals surface area contributed by atoms with E-state index in [-0.39, 0.29) is 0 Å². The van der Waals surface area contributed by atoms with Gasteiger partial charge in [0.05, 0.1) is 0 Å². The molecule has 139 heavy (non-hydrogen) atoms. The molecule has 0 unspecified atom stereocenters. The largest absolute Gasteiger partial charge is 1.20 e. The molecule has 3 heterocycles. The molecule has 0 saturated carbocycles. The number of hydrogen-bond donors (Lipinski definition) is 0. The summed E-state index contributed by atoms with van der Waals surface area (Å²) in [5.74, 6) is 1.00. The van der Waals surface area contributed by atoms with Crippen LogP contribution in [0.4, 0.5) is 0 Å². The Bertz CT molecular complexity index is 7610. The Balaban J connectivity index is 0.000000168. The molecular formula is C120H90AlN3O9P6. The van der Waals surface area contributed by atoms with Gasteiger partial charge in [-0.05, 0) is 143 Å². The van der Waals surface area contributed by atoms with E-state index in [0.717, 1.165) is 96.7 Å². The topological polar surface area (TPSA) is 169 Å². The normalized spacial score (nSPS) is 12.0. The van der Waals surface area contributed by atoms with Gasteiger partial charge in [-0.3, -0.25) is 15.0 Å². The Morgan fingerprint density at radius 3 is 0.504 bits per heavy atom. The van der Waals surface area contributed by atoms with Crippen molar-refractivity contribution in [1.82, 2.24) is 15.0 Å². The molecule has 0 fully saturated rings. The van der Waals surface area contributed by atoms with Crippen molar-refractivity contribution in [2.75, 3.05) is 0 Å². The quantitative estimate of drug-likeness (QED) is 0.0319. The number of nitrogens with zero attached hydrogens (tertiary/aromatic N) is 3. The fraction of sp³-hybridized carbons (Fsp3) is 0.0250. The van der Waals surface area contributed by atoms with Crippen LogP contribution < -0.4 is 107 Å². The summed E-state index contributed by atoms with van der Waals surface area (Å²) in [7, 11) is -20.6. The first-order valence-corrected chi connectivity index (χ1v) is 57.5. The average molecular weight is 1930 g/mol. The van der Waals surface area contributed by atoms with Crippen molar-refractivity contribution in [3.8, 4) is 17.2 Å². The number of hydrogen-bond acceptors (Lipinski definition) is 12. The highest BCUT2D eigenvalue weighted by atomic mass is 31.2. The molecule has 3 aromatic heterocycles. The van der Waals surface area contributed by atoms with Crippen molar-refractivity contribution >= 4 is 219 Å². The van der Waals surface area contributed by atoms with Crippen molar-refractivity contribution < 1.29 is 38.8 Å². The Labute approximate surface area is 812 Å². The van der Waals surface area contributed by atoms with Gasteiger partial charge in [-0.1, -0.05) is 400 Å². The van der Waals surface area contributed by atoms with Gasteiger partial charge in [0.1, 0.15) is 33.8 Å². The van der Waals surface area contributed by atoms with Gasteiger partial charge in [-0.25, -0.2) is 0 Å². The zero-order valence-corrected chi connectivity index (χ0v) is 82.6. The van der Waals surface area contributed by atoms with E-state index in [2.05, 4.69) is 57.2 Å². The summed E-state index contributed by atoms with van der Waals surface area (Å²) in [4.78, 5) is 14.6. The van der Waals surface area contributed by atoms with E-state index in [1.807, 2.05) is 419 Å². The van der Waals surface area contributed by atoms with Crippen LogP contribution in [0.1, 0.15) is 16.7 Å². The lowest BCUT2D eigenvalue weighted by Gasteiger charge is -2.26. The van der Waals surface area contributed by atoms with Crippen LogP contribution in [0, 0.1) is 20.8 Å². The van der Waals surface area contributed by atoms with Gasteiger partial charge in [0.15, 0.2) is 42.9 Å². The van der Waals surface area contributed by atoms with Crippen LogP contribution in [-0.2, 0) is 27.4 Å². The van der Waals surface area contributed by atoms with E-state index >= 15 is 27.4 Å².